The predicted molar refractivity (Wildman–Crippen MR) is 142 cm³/mol. The zero-order chi connectivity index (χ0) is 26.9. The molecule has 4 atom stereocenters. The third-order valence-corrected chi connectivity index (χ3v) is 7.24. The molecule has 2 heterocycles. The third-order valence-electron chi connectivity index (χ3n) is 6.28. The monoisotopic (exact) mass is 537 g/mol. The first-order chi connectivity index (χ1) is 18.4. The summed E-state index contributed by atoms with van der Waals surface area (Å²) in [5.74, 6) is -0.537. The van der Waals surface area contributed by atoms with E-state index in [4.69, 9.17) is 14.6 Å². The van der Waals surface area contributed by atoms with Crippen LogP contribution in [0, 0.1) is 5.92 Å². The van der Waals surface area contributed by atoms with Gasteiger partial charge in [-0.3, -0.25) is 9.59 Å². The second-order valence-electron chi connectivity index (χ2n) is 9.09. The number of benzene rings is 2. The van der Waals surface area contributed by atoms with Crippen molar-refractivity contribution in [1.29, 1.82) is 0 Å². The summed E-state index contributed by atoms with van der Waals surface area (Å²) in [5.41, 5.74) is 3.14. The highest BCUT2D eigenvalue weighted by atomic mass is 32.2. The Bertz CT molecular complexity index is 1210. The number of aliphatic hydroxyl groups is 1. The Kier molecular flexibility index (Phi) is 9.83. The molecule has 1 aliphatic rings. The van der Waals surface area contributed by atoms with Gasteiger partial charge in [0.05, 0.1) is 18.8 Å². The number of carboxylic acids is 1. The molecule has 0 spiro atoms. The molecule has 3 aromatic rings. The van der Waals surface area contributed by atoms with Gasteiger partial charge in [0, 0.05) is 48.2 Å². The number of carbonyl (C=O) groups is 2. The Labute approximate surface area is 225 Å². The van der Waals surface area contributed by atoms with Crippen molar-refractivity contribution in [1.82, 2.24) is 9.97 Å². The van der Waals surface area contributed by atoms with Gasteiger partial charge in [0.25, 0.3) is 0 Å². The van der Waals surface area contributed by atoms with Crippen molar-refractivity contribution in [2.75, 3.05) is 11.1 Å². The number of thioether (sulfide) groups is 1. The average Bonchev–Trinajstić information content (AvgIpc) is 2.93. The van der Waals surface area contributed by atoms with Crippen molar-refractivity contribution in [3.8, 4) is 0 Å². The van der Waals surface area contributed by atoms with Crippen LogP contribution in [0.1, 0.15) is 55.3 Å². The molecule has 2 aromatic carbocycles. The quantitative estimate of drug-likeness (QED) is 0.234. The van der Waals surface area contributed by atoms with E-state index < -0.39 is 12.3 Å². The molecule has 10 heteroatoms. The fourth-order valence-corrected chi connectivity index (χ4v) is 5.18. The molecular weight excluding hydrogens is 506 g/mol. The molecule has 1 aromatic heterocycles. The average molecular weight is 538 g/mol. The van der Waals surface area contributed by atoms with Crippen LogP contribution < -0.4 is 5.32 Å². The van der Waals surface area contributed by atoms with Crippen LogP contribution in [-0.2, 0) is 25.7 Å². The van der Waals surface area contributed by atoms with Crippen molar-refractivity contribution in [3.63, 3.8) is 0 Å². The lowest BCUT2D eigenvalue weighted by molar-refractivity contribution is -0.268. The number of rotatable bonds is 11. The Morgan fingerprint density at radius 2 is 1.76 bits per heavy atom. The summed E-state index contributed by atoms with van der Waals surface area (Å²) in [6, 6.07) is 16.8. The number of hydrogen-bond donors (Lipinski definition) is 3. The summed E-state index contributed by atoms with van der Waals surface area (Å²) in [7, 11) is 0. The first-order valence-electron chi connectivity index (χ1n) is 12.4. The van der Waals surface area contributed by atoms with Crippen LogP contribution in [0.2, 0.25) is 0 Å². The summed E-state index contributed by atoms with van der Waals surface area (Å²) < 4.78 is 12.9. The summed E-state index contributed by atoms with van der Waals surface area (Å²) in [6.07, 6.45) is 2.63. The summed E-state index contributed by atoms with van der Waals surface area (Å²) >= 11 is 1.52. The zero-order valence-corrected chi connectivity index (χ0v) is 21.8. The molecule has 0 unspecified atom stereocenters. The van der Waals surface area contributed by atoms with Crippen molar-refractivity contribution in [2.45, 2.75) is 56.4 Å². The summed E-state index contributed by atoms with van der Waals surface area (Å²) in [6.45, 7) is 2.06. The van der Waals surface area contributed by atoms with Gasteiger partial charge in [0.15, 0.2) is 11.4 Å². The van der Waals surface area contributed by atoms with Gasteiger partial charge in [0.2, 0.25) is 5.91 Å². The highest BCUT2D eigenvalue weighted by molar-refractivity contribution is 7.99. The standard InChI is InChI=1S/C28H31N3O6S/c1-18-23(17-38-28-29-13-4-14-30-28)36-27(37-26(18)20-11-9-19(16-32)10-12-20)21-5-2-6-22(15-21)31-24(33)7-3-8-25(34)35/h2,4-6,9-15,18,23,26-27,32H,3,7-8,16-17H2,1H3,(H,31,33)(H,34,35)/t18-,23+,26+,27+/m1/s1. The maximum Gasteiger partial charge on any atom is 0.303 e. The van der Waals surface area contributed by atoms with Gasteiger partial charge in [-0.2, -0.15) is 0 Å². The van der Waals surface area contributed by atoms with Gasteiger partial charge in [-0.05, 0) is 35.7 Å². The molecule has 1 aliphatic heterocycles. The number of ether oxygens (including phenoxy) is 2. The second kappa shape index (κ2) is 13.5. The van der Waals surface area contributed by atoms with Crippen LogP contribution in [0.4, 0.5) is 5.69 Å². The van der Waals surface area contributed by atoms with Crippen molar-refractivity contribution in [3.05, 3.63) is 83.7 Å². The van der Waals surface area contributed by atoms with Gasteiger partial charge < -0.3 is 25.0 Å². The smallest absolute Gasteiger partial charge is 0.303 e. The first kappa shape index (κ1) is 27.7. The van der Waals surface area contributed by atoms with E-state index in [1.807, 2.05) is 42.5 Å². The van der Waals surface area contributed by atoms with Crippen LogP contribution in [0.15, 0.2) is 72.1 Å². The number of nitrogens with zero attached hydrogens (tertiary/aromatic N) is 2. The van der Waals surface area contributed by atoms with Crippen molar-refractivity contribution >= 4 is 29.3 Å². The summed E-state index contributed by atoms with van der Waals surface area (Å²) in [4.78, 5) is 31.6. The zero-order valence-electron chi connectivity index (χ0n) is 21.0. The number of hydrogen-bond acceptors (Lipinski definition) is 8. The predicted octanol–water partition coefficient (Wildman–Crippen LogP) is 4.75. The van der Waals surface area contributed by atoms with Crippen LogP contribution >= 0.6 is 11.8 Å². The molecule has 3 N–H and O–H groups in total. The normalized spacial score (nSPS) is 21.1. The first-order valence-corrected chi connectivity index (χ1v) is 13.4. The van der Waals surface area contributed by atoms with E-state index in [0.29, 0.717) is 16.6 Å². The molecule has 0 aliphatic carbocycles. The lowest BCUT2D eigenvalue weighted by Crippen LogP contribution is -2.38. The minimum atomic E-state index is -0.923. The molecule has 1 fully saturated rings. The van der Waals surface area contributed by atoms with Crippen molar-refractivity contribution in [2.24, 2.45) is 5.92 Å². The van der Waals surface area contributed by atoms with E-state index in [-0.39, 0.29) is 49.9 Å². The van der Waals surface area contributed by atoms with E-state index in [1.54, 1.807) is 24.5 Å². The van der Waals surface area contributed by atoms with Gasteiger partial charge in [-0.15, -0.1) is 0 Å². The fourth-order valence-electron chi connectivity index (χ4n) is 4.21. The highest BCUT2D eigenvalue weighted by Crippen LogP contribution is 2.43. The van der Waals surface area contributed by atoms with E-state index >= 15 is 0 Å². The maximum atomic E-state index is 12.3. The van der Waals surface area contributed by atoms with E-state index in [2.05, 4.69) is 22.2 Å². The van der Waals surface area contributed by atoms with Gasteiger partial charge >= 0.3 is 5.97 Å². The summed E-state index contributed by atoms with van der Waals surface area (Å²) in [5, 5.41) is 21.7. The fraction of sp³-hybridized carbons (Fsp3) is 0.357. The van der Waals surface area contributed by atoms with Crippen LogP contribution in [0.5, 0.6) is 0 Å². The van der Waals surface area contributed by atoms with Crippen LogP contribution in [0.3, 0.4) is 0 Å². The van der Waals surface area contributed by atoms with Crippen LogP contribution in [0.25, 0.3) is 0 Å². The van der Waals surface area contributed by atoms with Gasteiger partial charge in [-0.1, -0.05) is 55.1 Å². The number of amides is 1. The number of carbonyl (C=O) groups excluding carboxylic acids is 1. The topological polar surface area (TPSA) is 131 Å². The molecule has 0 bridgehead atoms. The number of aromatic nitrogens is 2. The van der Waals surface area contributed by atoms with Crippen molar-refractivity contribution < 1.29 is 29.3 Å². The molecule has 1 saturated heterocycles. The second-order valence-corrected chi connectivity index (χ2v) is 10.1. The number of carboxylic acid groups (broad SMARTS) is 1. The number of aliphatic hydroxyl groups excluding tert-OH is 1. The molecule has 1 amide bonds. The minimum Gasteiger partial charge on any atom is -0.481 e. The number of aliphatic carboxylic acids is 1. The number of anilines is 1. The molecule has 200 valence electrons. The molecular formula is C28H31N3O6S. The maximum absolute atomic E-state index is 12.3. The minimum absolute atomic E-state index is 0.0135. The van der Waals surface area contributed by atoms with Gasteiger partial charge in [0.1, 0.15) is 0 Å². The largest absolute Gasteiger partial charge is 0.481 e. The lowest BCUT2D eigenvalue weighted by Gasteiger charge is -2.41. The molecule has 9 nitrogen and oxygen atoms in total. The van der Waals surface area contributed by atoms with Gasteiger partial charge in [-0.25, -0.2) is 9.97 Å². The highest BCUT2D eigenvalue weighted by Gasteiger charge is 2.38. The molecule has 0 saturated carbocycles. The number of nitrogens with one attached hydrogen (secondary N) is 1. The van der Waals surface area contributed by atoms with E-state index in [0.717, 1.165) is 16.7 Å². The van der Waals surface area contributed by atoms with Crippen LogP contribution in [-0.4, -0.2) is 43.9 Å². The Hall–Kier alpha value is -3.31. The Balaban J connectivity index is 1.52. The Morgan fingerprint density at radius 1 is 1.00 bits per heavy atom. The van der Waals surface area contributed by atoms with E-state index in [1.165, 1.54) is 11.8 Å². The van der Waals surface area contributed by atoms with E-state index in [9.17, 15) is 14.7 Å². The third kappa shape index (κ3) is 7.61. The SMILES string of the molecule is C[C@@H]1[C@H](CSc2ncccn2)O[C@H](c2cccc(NC(=O)CCCC(=O)O)c2)O[C@@H]1c1ccc(CO)cc1. The lowest BCUT2D eigenvalue weighted by atomic mass is 9.91. The Morgan fingerprint density at radius 3 is 2.47 bits per heavy atom. The molecule has 38 heavy (non-hydrogen) atoms. The molecule has 4 rings (SSSR count). The molecule has 0 radical (unpaired) electrons.